The lowest BCUT2D eigenvalue weighted by atomic mass is 9.96. The van der Waals surface area contributed by atoms with Crippen LogP contribution in [0.25, 0.3) is 6.08 Å². The van der Waals surface area contributed by atoms with Crippen molar-refractivity contribution in [3.8, 4) is 17.2 Å². The summed E-state index contributed by atoms with van der Waals surface area (Å²) in [6, 6.07) is 11.4. The predicted octanol–water partition coefficient (Wildman–Crippen LogP) is 3.47. The Bertz CT molecular complexity index is 1530. The van der Waals surface area contributed by atoms with Gasteiger partial charge in [-0.25, -0.2) is 9.79 Å². The molecule has 1 atom stereocenters. The van der Waals surface area contributed by atoms with E-state index in [0.29, 0.717) is 38.7 Å². The van der Waals surface area contributed by atoms with Crippen LogP contribution in [0.3, 0.4) is 0 Å². The number of phenols is 1. The fourth-order valence-electron chi connectivity index (χ4n) is 4.01. The van der Waals surface area contributed by atoms with Gasteiger partial charge in [-0.1, -0.05) is 49.1 Å². The highest BCUT2D eigenvalue weighted by atomic mass is 32.1. The van der Waals surface area contributed by atoms with Crippen molar-refractivity contribution in [3.05, 3.63) is 97.2 Å². The fourth-order valence-corrected chi connectivity index (χ4v) is 5.06. The van der Waals surface area contributed by atoms with E-state index in [-0.39, 0.29) is 23.5 Å². The van der Waals surface area contributed by atoms with Gasteiger partial charge in [0.25, 0.3) is 5.56 Å². The van der Waals surface area contributed by atoms with Crippen molar-refractivity contribution < 1.29 is 24.1 Å². The van der Waals surface area contributed by atoms with Crippen molar-refractivity contribution >= 4 is 23.4 Å². The molecule has 1 N–H and O–H groups in total. The van der Waals surface area contributed by atoms with Gasteiger partial charge >= 0.3 is 5.97 Å². The number of carbonyl (C=O) groups is 1. The summed E-state index contributed by atoms with van der Waals surface area (Å²) in [5.41, 5.74) is 1.87. The van der Waals surface area contributed by atoms with Crippen LogP contribution in [-0.4, -0.2) is 36.0 Å². The molecule has 192 valence electrons. The number of benzene rings is 2. The maximum absolute atomic E-state index is 13.7. The van der Waals surface area contributed by atoms with Crippen LogP contribution in [0, 0.1) is 0 Å². The molecule has 8 nitrogen and oxygen atoms in total. The number of thiazole rings is 1. The first kappa shape index (κ1) is 26.0. The van der Waals surface area contributed by atoms with Gasteiger partial charge < -0.3 is 19.3 Å². The van der Waals surface area contributed by atoms with Crippen LogP contribution in [0.4, 0.5) is 0 Å². The standard InChI is InChI=1S/C28H28N2O6S/c1-5-13-35-20-10-8-19(9-11-20)25-24(27(33)36-14-6-2)17(3)29-28-30(25)26(32)23(37-28)16-18-7-12-21(31)22(15-18)34-4/h6-12,15-16,25,31H,2,5,13-14H2,1,3-4H3/b23-16-. The van der Waals surface area contributed by atoms with Crippen LogP contribution in [0.2, 0.25) is 0 Å². The van der Waals surface area contributed by atoms with Gasteiger partial charge in [-0.2, -0.15) is 0 Å². The van der Waals surface area contributed by atoms with Crippen LogP contribution < -0.4 is 24.4 Å². The lowest BCUT2D eigenvalue weighted by molar-refractivity contribution is -0.138. The monoisotopic (exact) mass is 520 g/mol. The number of methoxy groups -OCH3 is 1. The fraction of sp³-hybridized carbons (Fsp3) is 0.250. The van der Waals surface area contributed by atoms with Crippen molar-refractivity contribution in [1.82, 2.24) is 4.57 Å². The molecule has 0 saturated heterocycles. The lowest BCUT2D eigenvalue weighted by Crippen LogP contribution is -2.39. The molecule has 37 heavy (non-hydrogen) atoms. The molecule has 0 amide bonds. The van der Waals surface area contributed by atoms with E-state index >= 15 is 0 Å². The summed E-state index contributed by atoms with van der Waals surface area (Å²) in [6.45, 7) is 8.00. The molecule has 1 aliphatic rings. The van der Waals surface area contributed by atoms with Crippen LogP contribution in [0.1, 0.15) is 37.4 Å². The van der Waals surface area contributed by atoms with Gasteiger partial charge in [-0.15, -0.1) is 0 Å². The molecule has 2 aromatic carbocycles. The molecule has 0 saturated carbocycles. The Morgan fingerprint density at radius 3 is 2.68 bits per heavy atom. The summed E-state index contributed by atoms with van der Waals surface area (Å²) in [6.07, 6.45) is 4.08. The molecular formula is C28H28N2O6S. The van der Waals surface area contributed by atoms with E-state index in [1.54, 1.807) is 25.1 Å². The summed E-state index contributed by atoms with van der Waals surface area (Å²) in [5.74, 6) is 0.449. The minimum Gasteiger partial charge on any atom is -0.504 e. The van der Waals surface area contributed by atoms with E-state index < -0.39 is 12.0 Å². The van der Waals surface area contributed by atoms with Gasteiger partial charge in [0.2, 0.25) is 0 Å². The maximum Gasteiger partial charge on any atom is 0.338 e. The number of fused-ring (bicyclic) bond motifs is 1. The second kappa shape index (κ2) is 11.3. The second-order valence-corrected chi connectivity index (χ2v) is 9.33. The van der Waals surface area contributed by atoms with Crippen LogP contribution in [-0.2, 0) is 9.53 Å². The van der Waals surface area contributed by atoms with Crippen molar-refractivity contribution in [1.29, 1.82) is 0 Å². The summed E-state index contributed by atoms with van der Waals surface area (Å²) >= 11 is 1.22. The molecule has 0 radical (unpaired) electrons. The van der Waals surface area contributed by atoms with E-state index in [4.69, 9.17) is 14.2 Å². The second-order valence-electron chi connectivity index (χ2n) is 8.32. The Morgan fingerprint density at radius 1 is 1.24 bits per heavy atom. The Morgan fingerprint density at radius 2 is 2.00 bits per heavy atom. The first-order valence-corrected chi connectivity index (χ1v) is 12.6. The molecule has 0 spiro atoms. The van der Waals surface area contributed by atoms with Crippen molar-refractivity contribution in [2.24, 2.45) is 4.99 Å². The topological polar surface area (TPSA) is 99.4 Å². The number of hydrogen-bond donors (Lipinski definition) is 1. The minimum absolute atomic E-state index is 0.00535. The zero-order valence-electron chi connectivity index (χ0n) is 20.9. The van der Waals surface area contributed by atoms with Crippen molar-refractivity contribution in [2.75, 3.05) is 20.3 Å². The normalized spacial score (nSPS) is 15.1. The number of nitrogens with zero attached hydrogens (tertiary/aromatic N) is 2. The van der Waals surface area contributed by atoms with E-state index in [1.807, 2.05) is 31.2 Å². The van der Waals surface area contributed by atoms with Gasteiger partial charge in [0.05, 0.1) is 35.6 Å². The molecule has 1 unspecified atom stereocenters. The zero-order chi connectivity index (χ0) is 26.5. The van der Waals surface area contributed by atoms with Crippen LogP contribution >= 0.6 is 11.3 Å². The largest absolute Gasteiger partial charge is 0.504 e. The first-order chi connectivity index (χ1) is 17.9. The Labute approximate surface area is 218 Å². The quantitative estimate of drug-likeness (QED) is 0.343. The summed E-state index contributed by atoms with van der Waals surface area (Å²) in [4.78, 5) is 31.9. The van der Waals surface area contributed by atoms with Gasteiger partial charge in [0.1, 0.15) is 12.4 Å². The number of allylic oxidation sites excluding steroid dienone is 1. The van der Waals surface area contributed by atoms with Crippen LogP contribution in [0.15, 0.2) is 76.2 Å². The third-order valence-corrected chi connectivity index (χ3v) is 6.73. The number of hydrogen-bond acceptors (Lipinski definition) is 8. The molecule has 0 aliphatic carbocycles. The number of carbonyl (C=O) groups excluding carboxylic acids is 1. The smallest absolute Gasteiger partial charge is 0.338 e. The molecule has 4 rings (SSSR count). The molecular weight excluding hydrogens is 492 g/mol. The van der Waals surface area contributed by atoms with E-state index in [1.165, 1.54) is 35.2 Å². The number of phenolic OH excluding ortho intramolecular Hbond substituents is 1. The highest BCUT2D eigenvalue weighted by Crippen LogP contribution is 2.32. The minimum atomic E-state index is -0.731. The highest BCUT2D eigenvalue weighted by molar-refractivity contribution is 7.07. The van der Waals surface area contributed by atoms with E-state index in [2.05, 4.69) is 11.6 Å². The highest BCUT2D eigenvalue weighted by Gasteiger charge is 2.33. The number of aromatic hydroxyl groups is 1. The Kier molecular flexibility index (Phi) is 7.93. The molecule has 1 aromatic heterocycles. The molecule has 0 bridgehead atoms. The Balaban J connectivity index is 1.87. The van der Waals surface area contributed by atoms with Gasteiger partial charge in [0.15, 0.2) is 16.3 Å². The summed E-state index contributed by atoms with van der Waals surface area (Å²) < 4.78 is 18.2. The predicted molar refractivity (Wildman–Crippen MR) is 142 cm³/mol. The number of esters is 1. The van der Waals surface area contributed by atoms with Gasteiger partial charge in [-0.05, 0) is 54.8 Å². The van der Waals surface area contributed by atoms with Gasteiger partial charge in [-0.3, -0.25) is 9.36 Å². The van der Waals surface area contributed by atoms with E-state index in [0.717, 1.165) is 12.0 Å². The van der Waals surface area contributed by atoms with E-state index in [9.17, 15) is 14.7 Å². The average molecular weight is 521 g/mol. The lowest BCUT2D eigenvalue weighted by Gasteiger charge is -2.24. The molecule has 0 fully saturated rings. The zero-order valence-corrected chi connectivity index (χ0v) is 21.7. The number of rotatable bonds is 9. The SMILES string of the molecule is C=CCOC(=O)C1=C(C)N=c2s/c(=C\c3ccc(O)c(OC)c3)c(=O)n2C1c1ccc(OCCC)cc1. The molecule has 2 heterocycles. The van der Waals surface area contributed by atoms with Crippen molar-refractivity contribution in [2.45, 2.75) is 26.3 Å². The summed E-state index contributed by atoms with van der Waals surface area (Å²) in [5, 5.41) is 9.91. The third kappa shape index (κ3) is 5.36. The average Bonchev–Trinajstić information content (AvgIpc) is 3.20. The van der Waals surface area contributed by atoms with Gasteiger partial charge in [0, 0.05) is 0 Å². The molecule has 9 heteroatoms. The third-order valence-electron chi connectivity index (χ3n) is 5.74. The molecule has 1 aliphatic heterocycles. The number of aromatic nitrogens is 1. The first-order valence-electron chi connectivity index (χ1n) is 11.8. The maximum atomic E-state index is 13.7. The number of ether oxygens (including phenoxy) is 3. The van der Waals surface area contributed by atoms with Crippen molar-refractivity contribution in [3.63, 3.8) is 0 Å². The summed E-state index contributed by atoms with van der Waals surface area (Å²) in [7, 11) is 1.46. The Hall–Kier alpha value is -4.11. The molecule has 3 aromatic rings. The van der Waals surface area contributed by atoms with Crippen LogP contribution in [0.5, 0.6) is 17.2 Å².